The van der Waals surface area contributed by atoms with Crippen LogP contribution in [0.15, 0.2) is 59.7 Å². The van der Waals surface area contributed by atoms with Crippen molar-refractivity contribution in [1.29, 1.82) is 0 Å². The van der Waals surface area contributed by atoms with Gasteiger partial charge in [-0.3, -0.25) is 4.98 Å². The molecule has 3 heteroatoms. The van der Waals surface area contributed by atoms with Gasteiger partial charge in [0.15, 0.2) is 0 Å². The maximum atomic E-state index is 6.25. The normalized spacial score (nSPS) is 12.8. The van der Waals surface area contributed by atoms with Gasteiger partial charge >= 0.3 is 0 Å². The Kier molecular flexibility index (Phi) is 2.38. The molecule has 0 spiro atoms. The standard InChI is InChI=1S/C14H12N2O/c15-14(11-5-7-17-9-11)13-3-1-2-10-8-16-6-4-12(10)13/h1-9,14H,15H2. The summed E-state index contributed by atoms with van der Waals surface area (Å²) in [4.78, 5) is 4.12. The Bertz CT molecular complexity index is 626. The molecule has 1 aromatic carbocycles. The van der Waals surface area contributed by atoms with Gasteiger partial charge < -0.3 is 10.2 Å². The lowest BCUT2D eigenvalue weighted by molar-refractivity contribution is 0.562. The predicted octanol–water partition coefficient (Wildman–Crippen LogP) is 2.88. The Labute approximate surface area is 98.9 Å². The number of nitrogens with zero attached hydrogens (tertiary/aromatic N) is 1. The summed E-state index contributed by atoms with van der Waals surface area (Å²) in [6.07, 6.45) is 6.96. The molecule has 0 amide bonds. The number of hydrogen-bond acceptors (Lipinski definition) is 3. The van der Waals surface area contributed by atoms with Crippen molar-refractivity contribution in [1.82, 2.24) is 4.98 Å². The SMILES string of the molecule is NC(c1ccoc1)c1cccc2cnccc12. The lowest BCUT2D eigenvalue weighted by Gasteiger charge is -2.12. The van der Waals surface area contributed by atoms with E-state index in [9.17, 15) is 0 Å². The van der Waals surface area contributed by atoms with E-state index in [0.717, 1.165) is 21.9 Å². The topological polar surface area (TPSA) is 52.0 Å². The average Bonchev–Trinajstić information content (AvgIpc) is 2.91. The second-order valence-corrected chi connectivity index (χ2v) is 3.98. The van der Waals surface area contributed by atoms with E-state index < -0.39 is 0 Å². The third-order valence-electron chi connectivity index (χ3n) is 2.95. The van der Waals surface area contributed by atoms with Gasteiger partial charge in [-0.15, -0.1) is 0 Å². The molecular formula is C14H12N2O. The van der Waals surface area contributed by atoms with Crippen LogP contribution in [0.1, 0.15) is 17.2 Å². The van der Waals surface area contributed by atoms with E-state index in [4.69, 9.17) is 10.2 Å². The molecule has 1 atom stereocenters. The van der Waals surface area contributed by atoms with Gasteiger partial charge in [0.1, 0.15) is 0 Å². The maximum absolute atomic E-state index is 6.25. The van der Waals surface area contributed by atoms with E-state index >= 15 is 0 Å². The molecule has 0 aliphatic carbocycles. The smallest absolute Gasteiger partial charge is 0.0953 e. The molecule has 17 heavy (non-hydrogen) atoms. The van der Waals surface area contributed by atoms with Gasteiger partial charge in [0.05, 0.1) is 18.6 Å². The van der Waals surface area contributed by atoms with Gasteiger partial charge in [-0.25, -0.2) is 0 Å². The first kappa shape index (κ1) is 10.1. The van der Waals surface area contributed by atoms with E-state index in [0.29, 0.717) is 0 Å². The lowest BCUT2D eigenvalue weighted by atomic mass is 9.97. The highest BCUT2D eigenvalue weighted by atomic mass is 16.3. The number of fused-ring (bicyclic) bond motifs is 1. The van der Waals surface area contributed by atoms with E-state index in [1.165, 1.54) is 0 Å². The zero-order valence-electron chi connectivity index (χ0n) is 9.21. The summed E-state index contributed by atoms with van der Waals surface area (Å²) in [6, 6.07) is 9.79. The van der Waals surface area contributed by atoms with Crippen molar-refractivity contribution in [3.8, 4) is 0 Å². The first-order valence-electron chi connectivity index (χ1n) is 5.46. The van der Waals surface area contributed by atoms with Crippen molar-refractivity contribution in [3.05, 3.63) is 66.4 Å². The van der Waals surface area contributed by atoms with Crippen LogP contribution in [0.3, 0.4) is 0 Å². The van der Waals surface area contributed by atoms with Crippen molar-refractivity contribution < 1.29 is 4.42 Å². The highest BCUT2D eigenvalue weighted by Gasteiger charge is 2.12. The summed E-state index contributed by atoms with van der Waals surface area (Å²) >= 11 is 0. The summed E-state index contributed by atoms with van der Waals surface area (Å²) in [7, 11) is 0. The van der Waals surface area contributed by atoms with Crippen LogP contribution in [-0.2, 0) is 0 Å². The van der Waals surface area contributed by atoms with Crippen molar-refractivity contribution in [3.63, 3.8) is 0 Å². The van der Waals surface area contributed by atoms with Gasteiger partial charge in [0, 0.05) is 23.3 Å². The number of pyridine rings is 1. The molecule has 0 bridgehead atoms. The number of nitrogens with two attached hydrogens (primary N) is 1. The molecule has 3 nitrogen and oxygen atoms in total. The van der Waals surface area contributed by atoms with Crippen molar-refractivity contribution in [2.45, 2.75) is 6.04 Å². The van der Waals surface area contributed by atoms with Crippen molar-refractivity contribution >= 4 is 10.8 Å². The van der Waals surface area contributed by atoms with Gasteiger partial charge in [-0.05, 0) is 23.1 Å². The van der Waals surface area contributed by atoms with Gasteiger partial charge in [-0.1, -0.05) is 18.2 Å². The fourth-order valence-corrected chi connectivity index (χ4v) is 2.05. The molecule has 0 aliphatic heterocycles. The number of furan rings is 1. The molecule has 2 heterocycles. The highest BCUT2D eigenvalue weighted by molar-refractivity contribution is 5.85. The summed E-state index contributed by atoms with van der Waals surface area (Å²) in [5.41, 5.74) is 8.32. The molecule has 3 rings (SSSR count). The molecule has 0 fully saturated rings. The van der Waals surface area contributed by atoms with Gasteiger partial charge in [-0.2, -0.15) is 0 Å². The van der Waals surface area contributed by atoms with E-state index in [1.54, 1.807) is 18.7 Å². The lowest BCUT2D eigenvalue weighted by Crippen LogP contribution is -2.11. The van der Waals surface area contributed by atoms with Gasteiger partial charge in [0.25, 0.3) is 0 Å². The molecule has 1 unspecified atom stereocenters. The van der Waals surface area contributed by atoms with Crippen LogP contribution < -0.4 is 5.73 Å². The predicted molar refractivity (Wildman–Crippen MR) is 66.5 cm³/mol. The van der Waals surface area contributed by atoms with Crippen LogP contribution in [0.5, 0.6) is 0 Å². The number of rotatable bonds is 2. The quantitative estimate of drug-likeness (QED) is 0.728. The zero-order chi connectivity index (χ0) is 11.7. The Morgan fingerprint density at radius 2 is 2.12 bits per heavy atom. The number of hydrogen-bond donors (Lipinski definition) is 1. The number of aromatic nitrogens is 1. The third kappa shape index (κ3) is 1.70. The molecule has 3 aromatic rings. The average molecular weight is 224 g/mol. The minimum absolute atomic E-state index is 0.167. The summed E-state index contributed by atoms with van der Waals surface area (Å²) in [6.45, 7) is 0. The van der Waals surface area contributed by atoms with E-state index in [1.807, 2.05) is 36.5 Å². The largest absolute Gasteiger partial charge is 0.472 e. The molecule has 0 aliphatic rings. The monoisotopic (exact) mass is 224 g/mol. The molecule has 0 radical (unpaired) electrons. The molecule has 0 saturated carbocycles. The molecular weight excluding hydrogens is 212 g/mol. The fraction of sp³-hybridized carbons (Fsp3) is 0.0714. The highest BCUT2D eigenvalue weighted by Crippen LogP contribution is 2.26. The number of benzene rings is 1. The molecule has 0 saturated heterocycles. The summed E-state index contributed by atoms with van der Waals surface area (Å²) < 4.78 is 5.08. The van der Waals surface area contributed by atoms with E-state index in [2.05, 4.69) is 4.98 Å². The fourth-order valence-electron chi connectivity index (χ4n) is 2.05. The minimum atomic E-state index is -0.167. The second-order valence-electron chi connectivity index (χ2n) is 3.98. The van der Waals surface area contributed by atoms with Crippen LogP contribution in [0, 0.1) is 0 Å². The summed E-state index contributed by atoms with van der Waals surface area (Å²) in [5, 5.41) is 2.24. The third-order valence-corrected chi connectivity index (χ3v) is 2.95. The Morgan fingerprint density at radius 3 is 2.94 bits per heavy atom. The Morgan fingerprint density at radius 1 is 1.18 bits per heavy atom. The van der Waals surface area contributed by atoms with Crippen LogP contribution in [0.4, 0.5) is 0 Å². The van der Waals surface area contributed by atoms with Crippen molar-refractivity contribution in [2.24, 2.45) is 5.73 Å². The Balaban J connectivity index is 2.17. The molecule has 84 valence electrons. The van der Waals surface area contributed by atoms with Gasteiger partial charge in [0.2, 0.25) is 0 Å². The second kappa shape index (κ2) is 4.03. The van der Waals surface area contributed by atoms with Crippen LogP contribution in [-0.4, -0.2) is 4.98 Å². The molecule has 2 aromatic heterocycles. The zero-order valence-corrected chi connectivity index (χ0v) is 9.21. The first-order valence-corrected chi connectivity index (χ1v) is 5.46. The molecule has 2 N–H and O–H groups in total. The van der Waals surface area contributed by atoms with Crippen LogP contribution >= 0.6 is 0 Å². The summed E-state index contributed by atoms with van der Waals surface area (Å²) in [5.74, 6) is 0. The first-order chi connectivity index (χ1) is 8.36. The minimum Gasteiger partial charge on any atom is -0.472 e. The maximum Gasteiger partial charge on any atom is 0.0953 e. The van der Waals surface area contributed by atoms with E-state index in [-0.39, 0.29) is 6.04 Å². The van der Waals surface area contributed by atoms with Crippen LogP contribution in [0.25, 0.3) is 10.8 Å². The van der Waals surface area contributed by atoms with Crippen molar-refractivity contribution in [2.75, 3.05) is 0 Å². The Hall–Kier alpha value is -2.13. The van der Waals surface area contributed by atoms with Crippen LogP contribution in [0.2, 0.25) is 0 Å².